The molecule has 0 aliphatic carbocycles. The molecular formula is C19H25N. The number of aryl methyl sites for hydroxylation is 2. The summed E-state index contributed by atoms with van der Waals surface area (Å²) in [5.41, 5.74) is 5.53. The van der Waals surface area contributed by atoms with Crippen LogP contribution in [0, 0.1) is 13.8 Å². The number of rotatable bonds is 6. The normalized spacial score (nSPS) is 12.3. The second-order valence-electron chi connectivity index (χ2n) is 5.55. The number of benzene rings is 2. The summed E-state index contributed by atoms with van der Waals surface area (Å²) in [7, 11) is 0. The molecule has 0 spiro atoms. The van der Waals surface area contributed by atoms with Crippen LogP contribution in [0.3, 0.4) is 0 Å². The fraction of sp³-hybridized carbons (Fsp3) is 0.368. The molecule has 1 nitrogen and oxygen atoms in total. The molecule has 0 aliphatic heterocycles. The van der Waals surface area contributed by atoms with E-state index in [9.17, 15) is 0 Å². The van der Waals surface area contributed by atoms with Gasteiger partial charge < -0.3 is 5.32 Å². The van der Waals surface area contributed by atoms with Crippen molar-refractivity contribution in [1.29, 1.82) is 0 Å². The third-order valence-corrected chi connectivity index (χ3v) is 3.77. The smallest absolute Gasteiger partial charge is 0.0361 e. The summed E-state index contributed by atoms with van der Waals surface area (Å²) in [5, 5.41) is 3.69. The maximum atomic E-state index is 3.69. The summed E-state index contributed by atoms with van der Waals surface area (Å²) in [6.07, 6.45) is 2.21. The third kappa shape index (κ3) is 3.94. The number of nitrogens with one attached hydrogen (secondary N) is 1. The van der Waals surface area contributed by atoms with Crippen molar-refractivity contribution in [3.8, 4) is 0 Å². The van der Waals surface area contributed by atoms with Crippen LogP contribution in [-0.2, 0) is 6.42 Å². The van der Waals surface area contributed by atoms with E-state index in [0.29, 0.717) is 6.04 Å². The van der Waals surface area contributed by atoms with Gasteiger partial charge in [-0.2, -0.15) is 0 Å². The maximum absolute atomic E-state index is 3.69. The highest BCUT2D eigenvalue weighted by Crippen LogP contribution is 2.21. The molecule has 20 heavy (non-hydrogen) atoms. The first kappa shape index (κ1) is 14.8. The molecule has 0 saturated heterocycles. The van der Waals surface area contributed by atoms with Crippen molar-refractivity contribution in [2.24, 2.45) is 0 Å². The van der Waals surface area contributed by atoms with Crippen molar-refractivity contribution < 1.29 is 0 Å². The van der Waals surface area contributed by atoms with Gasteiger partial charge in [0, 0.05) is 6.04 Å². The van der Waals surface area contributed by atoms with Crippen molar-refractivity contribution in [2.75, 3.05) is 6.54 Å². The molecule has 0 aliphatic rings. The lowest BCUT2D eigenvalue weighted by Crippen LogP contribution is -2.24. The molecule has 0 heterocycles. The average molecular weight is 267 g/mol. The summed E-state index contributed by atoms with van der Waals surface area (Å²) >= 11 is 0. The van der Waals surface area contributed by atoms with Gasteiger partial charge in [-0.05, 0) is 49.9 Å². The highest BCUT2D eigenvalue weighted by molar-refractivity contribution is 5.30. The molecular weight excluding hydrogens is 242 g/mol. The molecule has 0 saturated carbocycles. The predicted molar refractivity (Wildman–Crippen MR) is 87.1 cm³/mol. The van der Waals surface area contributed by atoms with E-state index in [1.54, 1.807) is 0 Å². The van der Waals surface area contributed by atoms with E-state index in [0.717, 1.165) is 19.4 Å². The largest absolute Gasteiger partial charge is 0.310 e. The lowest BCUT2D eigenvalue weighted by Gasteiger charge is -2.20. The van der Waals surface area contributed by atoms with Crippen LogP contribution in [-0.4, -0.2) is 6.54 Å². The first-order valence-electron chi connectivity index (χ1n) is 7.55. The summed E-state index contributed by atoms with van der Waals surface area (Å²) in [6.45, 7) is 7.63. The Labute approximate surface area is 123 Å². The molecule has 106 valence electrons. The fourth-order valence-corrected chi connectivity index (χ4v) is 2.57. The van der Waals surface area contributed by atoms with Gasteiger partial charge in [0.05, 0.1) is 0 Å². The van der Waals surface area contributed by atoms with Crippen molar-refractivity contribution in [3.63, 3.8) is 0 Å². The molecule has 2 aromatic carbocycles. The Morgan fingerprint density at radius 2 is 1.80 bits per heavy atom. The molecule has 0 fully saturated rings. The Kier molecular flexibility index (Phi) is 5.37. The van der Waals surface area contributed by atoms with Gasteiger partial charge in [-0.25, -0.2) is 0 Å². The van der Waals surface area contributed by atoms with E-state index in [4.69, 9.17) is 0 Å². The average Bonchev–Trinajstić information content (AvgIpc) is 2.45. The van der Waals surface area contributed by atoms with Gasteiger partial charge >= 0.3 is 0 Å². The Morgan fingerprint density at radius 1 is 1.00 bits per heavy atom. The van der Waals surface area contributed by atoms with E-state index >= 15 is 0 Å². The quantitative estimate of drug-likeness (QED) is 0.807. The van der Waals surface area contributed by atoms with E-state index in [1.165, 1.54) is 22.3 Å². The molecule has 1 heteroatoms. The molecule has 2 aromatic rings. The Bertz CT molecular complexity index is 545. The lowest BCUT2D eigenvalue weighted by atomic mass is 9.95. The Hall–Kier alpha value is -1.60. The zero-order valence-electron chi connectivity index (χ0n) is 12.8. The van der Waals surface area contributed by atoms with Gasteiger partial charge in [0.15, 0.2) is 0 Å². The highest BCUT2D eigenvalue weighted by atomic mass is 14.9. The van der Waals surface area contributed by atoms with Crippen molar-refractivity contribution in [3.05, 3.63) is 70.8 Å². The zero-order valence-corrected chi connectivity index (χ0v) is 12.8. The predicted octanol–water partition coefficient (Wildman–Crippen LogP) is 4.59. The van der Waals surface area contributed by atoms with Crippen LogP contribution in [0.25, 0.3) is 0 Å². The topological polar surface area (TPSA) is 12.0 Å². The molecule has 0 bridgehead atoms. The maximum Gasteiger partial charge on any atom is 0.0361 e. The van der Waals surface area contributed by atoms with Gasteiger partial charge in [0.1, 0.15) is 0 Å². The number of hydrogen-bond acceptors (Lipinski definition) is 1. The van der Waals surface area contributed by atoms with Gasteiger partial charge in [-0.3, -0.25) is 0 Å². The molecule has 1 unspecified atom stereocenters. The third-order valence-electron chi connectivity index (χ3n) is 3.77. The van der Waals surface area contributed by atoms with Crippen LogP contribution >= 0.6 is 0 Å². The van der Waals surface area contributed by atoms with Gasteiger partial charge in [-0.15, -0.1) is 0 Å². The van der Waals surface area contributed by atoms with Crippen LogP contribution < -0.4 is 5.32 Å². The van der Waals surface area contributed by atoms with Gasteiger partial charge in [-0.1, -0.05) is 61.0 Å². The molecule has 1 N–H and O–H groups in total. The van der Waals surface area contributed by atoms with E-state index < -0.39 is 0 Å². The summed E-state index contributed by atoms with van der Waals surface area (Å²) in [5.74, 6) is 0. The van der Waals surface area contributed by atoms with Crippen molar-refractivity contribution in [1.82, 2.24) is 5.32 Å². The van der Waals surface area contributed by atoms with Crippen LogP contribution in [0.4, 0.5) is 0 Å². The minimum atomic E-state index is 0.399. The van der Waals surface area contributed by atoms with E-state index in [2.05, 4.69) is 74.6 Å². The summed E-state index contributed by atoms with van der Waals surface area (Å²) < 4.78 is 0. The minimum Gasteiger partial charge on any atom is -0.310 e. The second-order valence-corrected chi connectivity index (χ2v) is 5.55. The lowest BCUT2D eigenvalue weighted by molar-refractivity contribution is 0.528. The first-order valence-corrected chi connectivity index (χ1v) is 7.55. The molecule has 0 amide bonds. The standard InChI is InChI=1S/C19H25N/c1-4-12-20-19(18-11-7-8-15(2)13-18)14-17-10-6-5-9-16(17)3/h5-11,13,19-20H,4,12,14H2,1-3H3. The van der Waals surface area contributed by atoms with E-state index in [-0.39, 0.29) is 0 Å². The molecule has 1 atom stereocenters. The van der Waals surface area contributed by atoms with Crippen molar-refractivity contribution >= 4 is 0 Å². The first-order chi connectivity index (χ1) is 9.70. The second kappa shape index (κ2) is 7.25. The summed E-state index contributed by atoms with van der Waals surface area (Å²) in [4.78, 5) is 0. The number of hydrogen-bond donors (Lipinski definition) is 1. The molecule has 2 rings (SSSR count). The van der Waals surface area contributed by atoms with Crippen LogP contribution in [0.5, 0.6) is 0 Å². The van der Waals surface area contributed by atoms with Crippen LogP contribution in [0.15, 0.2) is 48.5 Å². The van der Waals surface area contributed by atoms with E-state index in [1.807, 2.05) is 0 Å². The Morgan fingerprint density at radius 3 is 2.50 bits per heavy atom. The van der Waals surface area contributed by atoms with Crippen LogP contribution in [0.1, 0.15) is 41.6 Å². The van der Waals surface area contributed by atoms with Crippen LogP contribution in [0.2, 0.25) is 0 Å². The van der Waals surface area contributed by atoms with Crippen molar-refractivity contribution in [2.45, 2.75) is 39.7 Å². The SMILES string of the molecule is CCCNC(Cc1ccccc1C)c1cccc(C)c1. The minimum absolute atomic E-state index is 0.399. The molecule has 0 aromatic heterocycles. The monoisotopic (exact) mass is 267 g/mol. The molecule has 0 radical (unpaired) electrons. The summed E-state index contributed by atoms with van der Waals surface area (Å²) in [6, 6.07) is 17.9. The zero-order chi connectivity index (χ0) is 14.4. The fourth-order valence-electron chi connectivity index (χ4n) is 2.57. The highest BCUT2D eigenvalue weighted by Gasteiger charge is 2.12. The Balaban J connectivity index is 2.21. The van der Waals surface area contributed by atoms with Gasteiger partial charge in [0.25, 0.3) is 0 Å². The van der Waals surface area contributed by atoms with Gasteiger partial charge in [0.2, 0.25) is 0 Å².